The molecular weight excluding hydrogens is 321 g/mol. The first-order chi connectivity index (χ1) is 10.2. The lowest BCUT2D eigenvalue weighted by molar-refractivity contribution is -0.138. The third-order valence-corrected chi connectivity index (χ3v) is 7.31. The summed E-state index contributed by atoms with van der Waals surface area (Å²) in [7, 11) is -1.13. The quantitative estimate of drug-likeness (QED) is 0.846. The molecule has 0 fully saturated rings. The Morgan fingerprint density at radius 1 is 1.13 bits per heavy atom. The molecule has 0 atom stereocenters. The summed E-state index contributed by atoms with van der Waals surface area (Å²) in [6, 6.07) is 0.835. The molecule has 0 radical (unpaired) electrons. The first-order valence-electron chi connectivity index (χ1n) is 7.54. The van der Waals surface area contributed by atoms with Crippen molar-refractivity contribution in [2.45, 2.75) is 53.3 Å². The minimum atomic E-state index is -4.56. The molecule has 1 aromatic heterocycles. The van der Waals surface area contributed by atoms with Gasteiger partial charge in [-0.2, -0.15) is 13.2 Å². The number of halogens is 3. The van der Waals surface area contributed by atoms with Crippen molar-refractivity contribution in [1.82, 2.24) is 9.97 Å². The number of carbonyl (C=O) groups excluding carboxylic acids is 1. The zero-order valence-electron chi connectivity index (χ0n) is 14.5. The number of hydrogen-bond acceptors (Lipinski definition) is 2. The fourth-order valence-corrected chi connectivity index (χ4v) is 4.83. The number of rotatable bonds is 3. The zero-order valence-corrected chi connectivity index (χ0v) is 15.9. The van der Waals surface area contributed by atoms with E-state index in [0.29, 0.717) is 0 Å². The number of aromatic nitrogens is 1. The van der Waals surface area contributed by atoms with Gasteiger partial charge in [0.2, 0.25) is 5.91 Å². The average Bonchev–Trinajstić information content (AvgIpc) is 2.34. The van der Waals surface area contributed by atoms with Crippen LogP contribution in [0.1, 0.15) is 57.5 Å². The summed E-state index contributed by atoms with van der Waals surface area (Å²) in [6.45, 7) is 12.5. The van der Waals surface area contributed by atoms with E-state index in [1.807, 2.05) is 0 Å². The van der Waals surface area contributed by atoms with Gasteiger partial charge in [-0.15, -0.1) is 0 Å². The van der Waals surface area contributed by atoms with E-state index in [-0.39, 0.29) is 16.4 Å². The lowest BCUT2D eigenvalue weighted by atomic mass is 9.77. The van der Waals surface area contributed by atoms with Gasteiger partial charge in [-0.05, 0) is 22.4 Å². The van der Waals surface area contributed by atoms with Crippen molar-refractivity contribution in [2.75, 3.05) is 0 Å². The number of hydrogen-bond donors (Lipinski definition) is 1. The summed E-state index contributed by atoms with van der Waals surface area (Å²) < 4.78 is 39.0. The van der Waals surface area contributed by atoms with Gasteiger partial charge in [0.1, 0.15) is 9.68 Å². The summed E-state index contributed by atoms with van der Waals surface area (Å²) in [5.41, 5.74) is -1.17. The van der Waals surface area contributed by atoms with Crippen molar-refractivity contribution in [3.63, 3.8) is 0 Å². The number of carbonyl (C=O) groups is 1. The summed E-state index contributed by atoms with van der Waals surface area (Å²) >= 11 is 0. The predicted molar refractivity (Wildman–Crippen MR) is 87.9 cm³/mol. The molecule has 0 saturated heterocycles. The topological polar surface area (TPSA) is 42.0 Å². The Labute approximate surface area is 138 Å². The van der Waals surface area contributed by atoms with Gasteiger partial charge < -0.3 is 4.98 Å². The van der Waals surface area contributed by atoms with Crippen molar-refractivity contribution in [3.8, 4) is 0 Å². The van der Waals surface area contributed by atoms with E-state index >= 15 is 0 Å². The molecule has 0 aliphatic heterocycles. The van der Waals surface area contributed by atoms with Gasteiger partial charge in [-0.1, -0.05) is 41.5 Å². The molecule has 0 spiro atoms. The summed E-state index contributed by atoms with van der Waals surface area (Å²) in [5, 5.41) is 0. The van der Waals surface area contributed by atoms with Crippen LogP contribution in [0.2, 0.25) is 5.54 Å². The molecule has 1 N–H and O–H groups in total. The van der Waals surface area contributed by atoms with Gasteiger partial charge >= 0.3 is 6.18 Å². The standard InChI is InChI=1S/C16H25F3N2OSi/c1-14(2,3)13(15(4,5)6)23-21-12(22)10-9-20-8-7-11(10)16(17,18)19/h7-9,13H,23H2,1-6H3,(H,21,22). The van der Waals surface area contributed by atoms with E-state index in [9.17, 15) is 18.0 Å². The SMILES string of the molecule is CC(C)(C)C([SiH2]NC(=O)c1cnccc1C(F)(F)F)C(C)(C)C. The Bertz CT molecular complexity index is 546. The van der Waals surface area contributed by atoms with E-state index in [1.165, 1.54) is 0 Å². The molecule has 1 heterocycles. The Hall–Kier alpha value is -1.37. The predicted octanol–water partition coefficient (Wildman–Crippen LogP) is 3.79. The number of nitrogens with zero attached hydrogens (tertiary/aromatic N) is 1. The number of alkyl halides is 3. The maximum absolute atomic E-state index is 13.0. The Kier molecular flexibility index (Phi) is 5.67. The van der Waals surface area contributed by atoms with Gasteiger partial charge in [0.25, 0.3) is 0 Å². The Morgan fingerprint density at radius 2 is 1.65 bits per heavy atom. The monoisotopic (exact) mass is 346 g/mol. The minimum absolute atomic E-state index is 0.0282. The number of amides is 1. The van der Waals surface area contributed by atoms with Crippen LogP contribution in [-0.2, 0) is 6.18 Å². The van der Waals surface area contributed by atoms with Gasteiger partial charge in [-0.3, -0.25) is 9.78 Å². The second-order valence-corrected chi connectivity index (χ2v) is 9.49. The maximum atomic E-state index is 13.0. The maximum Gasteiger partial charge on any atom is 0.417 e. The normalized spacial score (nSPS) is 13.8. The molecule has 3 nitrogen and oxygen atoms in total. The summed E-state index contributed by atoms with van der Waals surface area (Å²) in [5.74, 6) is -0.685. The van der Waals surface area contributed by atoms with Crippen LogP contribution in [-0.4, -0.2) is 20.6 Å². The molecule has 0 aromatic carbocycles. The second kappa shape index (κ2) is 6.63. The molecule has 1 rings (SSSR count). The van der Waals surface area contributed by atoms with Crippen LogP contribution in [0.3, 0.4) is 0 Å². The van der Waals surface area contributed by atoms with E-state index in [2.05, 4.69) is 51.5 Å². The largest absolute Gasteiger partial charge is 0.417 e. The highest BCUT2D eigenvalue weighted by Crippen LogP contribution is 2.43. The van der Waals surface area contributed by atoms with Gasteiger partial charge in [0.05, 0.1) is 11.1 Å². The van der Waals surface area contributed by atoms with Crippen LogP contribution in [0.4, 0.5) is 13.2 Å². The van der Waals surface area contributed by atoms with Crippen LogP contribution in [0.15, 0.2) is 18.5 Å². The molecular formula is C16H25F3N2OSi. The number of nitrogens with one attached hydrogen (secondary N) is 1. The van der Waals surface area contributed by atoms with Gasteiger partial charge in [-0.25, -0.2) is 0 Å². The molecule has 1 amide bonds. The highest BCUT2D eigenvalue weighted by Gasteiger charge is 2.37. The van der Waals surface area contributed by atoms with Gasteiger partial charge in [0, 0.05) is 12.4 Å². The van der Waals surface area contributed by atoms with Gasteiger partial charge in [0.15, 0.2) is 0 Å². The third-order valence-electron chi connectivity index (χ3n) is 3.93. The molecule has 0 aliphatic carbocycles. The molecule has 23 heavy (non-hydrogen) atoms. The molecule has 1 aromatic rings. The second-order valence-electron chi connectivity index (χ2n) is 7.91. The third kappa shape index (κ3) is 5.33. The van der Waals surface area contributed by atoms with Crippen LogP contribution < -0.4 is 4.98 Å². The van der Waals surface area contributed by atoms with Crippen LogP contribution in [0, 0.1) is 10.8 Å². The van der Waals surface area contributed by atoms with Crippen molar-refractivity contribution in [1.29, 1.82) is 0 Å². The Balaban J connectivity index is 2.98. The minimum Gasteiger partial charge on any atom is -0.383 e. The van der Waals surface area contributed by atoms with E-state index in [1.54, 1.807) is 0 Å². The van der Waals surface area contributed by atoms with E-state index in [4.69, 9.17) is 0 Å². The van der Waals surface area contributed by atoms with Crippen molar-refractivity contribution < 1.29 is 18.0 Å². The molecule has 0 saturated carbocycles. The van der Waals surface area contributed by atoms with Crippen LogP contribution >= 0.6 is 0 Å². The molecule has 130 valence electrons. The highest BCUT2D eigenvalue weighted by molar-refractivity contribution is 6.40. The summed E-state index contributed by atoms with van der Waals surface area (Å²) in [6.07, 6.45) is -2.54. The first-order valence-corrected chi connectivity index (χ1v) is 9.06. The summed E-state index contributed by atoms with van der Waals surface area (Å²) in [4.78, 5) is 18.7. The van der Waals surface area contributed by atoms with E-state index < -0.39 is 32.9 Å². The zero-order chi connectivity index (χ0) is 18.1. The smallest absolute Gasteiger partial charge is 0.383 e. The highest BCUT2D eigenvalue weighted by atomic mass is 28.2. The lowest BCUT2D eigenvalue weighted by Crippen LogP contribution is -2.41. The van der Waals surface area contributed by atoms with Crippen LogP contribution in [0.5, 0.6) is 0 Å². The fourth-order valence-electron chi connectivity index (χ4n) is 3.02. The molecule has 7 heteroatoms. The van der Waals surface area contributed by atoms with Crippen molar-refractivity contribution in [3.05, 3.63) is 29.6 Å². The van der Waals surface area contributed by atoms with Crippen LogP contribution in [0.25, 0.3) is 0 Å². The van der Waals surface area contributed by atoms with E-state index in [0.717, 1.165) is 18.5 Å². The molecule has 0 unspecified atom stereocenters. The fraction of sp³-hybridized carbons (Fsp3) is 0.625. The first kappa shape index (κ1) is 19.7. The Morgan fingerprint density at radius 3 is 2.09 bits per heavy atom. The van der Waals surface area contributed by atoms with Crippen molar-refractivity contribution in [2.24, 2.45) is 10.8 Å². The number of pyridine rings is 1. The molecule has 0 aliphatic rings. The molecule has 0 bridgehead atoms. The van der Waals surface area contributed by atoms with Crippen molar-refractivity contribution >= 4 is 15.6 Å². The lowest BCUT2D eigenvalue weighted by Gasteiger charge is -2.40. The average molecular weight is 346 g/mol.